The lowest BCUT2D eigenvalue weighted by atomic mass is 10.0. The molecule has 2 aromatic rings. The standard InChI is InChI=1S/C16H18N2O2/c1-18(12-15-8-7-14(11-17)20-15)16(9-10-19)13-5-3-2-4-6-13/h2-8,16,19H,9-10,12H2,1H3. The highest BCUT2D eigenvalue weighted by atomic mass is 16.3. The van der Waals surface area contributed by atoms with Gasteiger partial charge in [-0.05, 0) is 31.2 Å². The topological polar surface area (TPSA) is 60.4 Å². The maximum Gasteiger partial charge on any atom is 0.203 e. The fourth-order valence-corrected chi connectivity index (χ4v) is 2.32. The van der Waals surface area contributed by atoms with Gasteiger partial charge in [0.1, 0.15) is 11.8 Å². The van der Waals surface area contributed by atoms with E-state index in [2.05, 4.69) is 17.0 Å². The molecule has 4 heteroatoms. The molecule has 104 valence electrons. The Morgan fingerprint density at radius 3 is 2.60 bits per heavy atom. The minimum Gasteiger partial charge on any atom is -0.449 e. The first-order valence-corrected chi connectivity index (χ1v) is 6.59. The van der Waals surface area contributed by atoms with Gasteiger partial charge in [-0.1, -0.05) is 30.3 Å². The van der Waals surface area contributed by atoms with Crippen LogP contribution >= 0.6 is 0 Å². The zero-order valence-electron chi connectivity index (χ0n) is 11.5. The van der Waals surface area contributed by atoms with Crippen LogP contribution < -0.4 is 0 Å². The number of aliphatic hydroxyl groups excluding tert-OH is 1. The predicted molar refractivity (Wildman–Crippen MR) is 75.8 cm³/mol. The monoisotopic (exact) mass is 270 g/mol. The van der Waals surface area contributed by atoms with Gasteiger partial charge in [-0.15, -0.1) is 0 Å². The molecule has 0 amide bonds. The van der Waals surface area contributed by atoms with Crippen LogP contribution in [0.25, 0.3) is 0 Å². The van der Waals surface area contributed by atoms with Crippen molar-refractivity contribution in [2.75, 3.05) is 13.7 Å². The van der Waals surface area contributed by atoms with Crippen molar-refractivity contribution >= 4 is 0 Å². The number of aliphatic hydroxyl groups is 1. The summed E-state index contributed by atoms with van der Waals surface area (Å²) in [6.07, 6.45) is 0.659. The summed E-state index contributed by atoms with van der Waals surface area (Å²) in [5, 5.41) is 18.0. The van der Waals surface area contributed by atoms with E-state index < -0.39 is 0 Å². The van der Waals surface area contributed by atoms with E-state index in [9.17, 15) is 5.11 Å². The molecule has 0 aliphatic carbocycles. The van der Waals surface area contributed by atoms with Gasteiger partial charge in [-0.25, -0.2) is 0 Å². The van der Waals surface area contributed by atoms with Crippen molar-refractivity contribution < 1.29 is 9.52 Å². The van der Waals surface area contributed by atoms with Crippen LogP contribution in [0.3, 0.4) is 0 Å². The van der Waals surface area contributed by atoms with E-state index in [1.165, 1.54) is 0 Å². The van der Waals surface area contributed by atoms with Crippen molar-refractivity contribution in [1.29, 1.82) is 5.26 Å². The number of nitrogens with zero attached hydrogens (tertiary/aromatic N) is 2. The highest BCUT2D eigenvalue weighted by molar-refractivity contribution is 5.21. The van der Waals surface area contributed by atoms with Crippen molar-refractivity contribution in [3.63, 3.8) is 0 Å². The van der Waals surface area contributed by atoms with Gasteiger partial charge < -0.3 is 9.52 Å². The molecular weight excluding hydrogens is 252 g/mol. The number of hydrogen-bond donors (Lipinski definition) is 1. The molecule has 1 N–H and O–H groups in total. The largest absolute Gasteiger partial charge is 0.449 e. The highest BCUT2D eigenvalue weighted by Gasteiger charge is 2.17. The Labute approximate surface area is 118 Å². The van der Waals surface area contributed by atoms with Crippen molar-refractivity contribution in [1.82, 2.24) is 4.90 Å². The molecule has 1 unspecified atom stereocenters. The Morgan fingerprint density at radius 2 is 2.00 bits per heavy atom. The molecule has 0 bridgehead atoms. The van der Waals surface area contributed by atoms with Crippen LogP contribution in [0.4, 0.5) is 0 Å². The van der Waals surface area contributed by atoms with Crippen molar-refractivity contribution in [3.8, 4) is 6.07 Å². The minimum atomic E-state index is 0.122. The van der Waals surface area contributed by atoms with Crippen LogP contribution in [0.1, 0.15) is 29.5 Å². The second kappa shape index (κ2) is 6.90. The van der Waals surface area contributed by atoms with Crippen LogP contribution in [0, 0.1) is 11.3 Å². The minimum absolute atomic E-state index is 0.122. The summed E-state index contributed by atoms with van der Waals surface area (Å²) in [5.74, 6) is 1.08. The SMILES string of the molecule is CN(Cc1ccc(C#N)o1)C(CCO)c1ccccc1. The number of nitriles is 1. The summed E-state index contributed by atoms with van der Waals surface area (Å²) in [6, 6.07) is 15.7. The van der Waals surface area contributed by atoms with Gasteiger partial charge >= 0.3 is 0 Å². The second-order valence-corrected chi connectivity index (χ2v) is 4.73. The highest BCUT2D eigenvalue weighted by Crippen LogP contribution is 2.24. The van der Waals surface area contributed by atoms with Crippen molar-refractivity contribution in [2.45, 2.75) is 19.0 Å². The Bertz CT molecular complexity index is 572. The molecule has 0 saturated carbocycles. The van der Waals surface area contributed by atoms with E-state index in [0.29, 0.717) is 18.7 Å². The summed E-state index contributed by atoms with van der Waals surface area (Å²) >= 11 is 0. The second-order valence-electron chi connectivity index (χ2n) is 4.73. The smallest absolute Gasteiger partial charge is 0.203 e. The first-order chi connectivity index (χ1) is 9.74. The maximum absolute atomic E-state index is 9.26. The van der Waals surface area contributed by atoms with Crippen LogP contribution in [0.15, 0.2) is 46.9 Å². The van der Waals surface area contributed by atoms with Crippen LogP contribution in [-0.2, 0) is 6.54 Å². The lowest BCUT2D eigenvalue weighted by Gasteiger charge is -2.27. The van der Waals surface area contributed by atoms with Gasteiger partial charge in [0.15, 0.2) is 0 Å². The lowest BCUT2D eigenvalue weighted by Crippen LogP contribution is -2.25. The van der Waals surface area contributed by atoms with Gasteiger partial charge in [0.25, 0.3) is 0 Å². The molecule has 2 rings (SSSR count). The predicted octanol–water partition coefficient (Wildman–Crippen LogP) is 2.71. The van der Waals surface area contributed by atoms with Crippen LogP contribution in [0.2, 0.25) is 0 Å². The zero-order valence-corrected chi connectivity index (χ0v) is 11.5. The summed E-state index contributed by atoms with van der Waals surface area (Å²) in [5.41, 5.74) is 1.16. The van der Waals surface area contributed by atoms with E-state index in [-0.39, 0.29) is 12.6 Å². The molecule has 0 fully saturated rings. The normalized spacial score (nSPS) is 12.3. The Morgan fingerprint density at radius 1 is 1.25 bits per heavy atom. The van der Waals surface area contributed by atoms with Crippen LogP contribution in [-0.4, -0.2) is 23.7 Å². The zero-order chi connectivity index (χ0) is 14.4. The van der Waals surface area contributed by atoms with Gasteiger partial charge in [-0.3, -0.25) is 4.90 Å². The molecule has 0 radical (unpaired) electrons. The van der Waals surface area contributed by atoms with Gasteiger partial charge in [0, 0.05) is 12.6 Å². The number of hydrogen-bond acceptors (Lipinski definition) is 4. The average Bonchev–Trinajstić information content (AvgIpc) is 2.93. The third-order valence-corrected chi connectivity index (χ3v) is 3.30. The maximum atomic E-state index is 9.26. The molecule has 0 spiro atoms. The third-order valence-electron chi connectivity index (χ3n) is 3.30. The lowest BCUT2D eigenvalue weighted by molar-refractivity contribution is 0.170. The Balaban J connectivity index is 2.11. The fraction of sp³-hybridized carbons (Fsp3) is 0.312. The molecule has 0 saturated heterocycles. The van der Waals surface area contributed by atoms with Crippen LogP contribution in [0.5, 0.6) is 0 Å². The molecular formula is C16H18N2O2. The number of furan rings is 1. The van der Waals surface area contributed by atoms with E-state index in [1.807, 2.05) is 37.4 Å². The van der Waals surface area contributed by atoms with Gasteiger partial charge in [-0.2, -0.15) is 5.26 Å². The Hall–Kier alpha value is -2.09. The summed E-state index contributed by atoms with van der Waals surface area (Å²) in [4.78, 5) is 2.12. The number of rotatable bonds is 6. The molecule has 1 aromatic heterocycles. The number of benzene rings is 1. The summed E-state index contributed by atoms with van der Waals surface area (Å²) in [6.45, 7) is 0.729. The van der Waals surface area contributed by atoms with Gasteiger partial charge in [0.2, 0.25) is 5.76 Å². The average molecular weight is 270 g/mol. The molecule has 1 heterocycles. The van der Waals surface area contributed by atoms with E-state index >= 15 is 0 Å². The summed E-state index contributed by atoms with van der Waals surface area (Å²) < 4.78 is 5.40. The third kappa shape index (κ3) is 3.47. The Kier molecular flexibility index (Phi) is 4.94. The molecule has 0 aliphatic rings. The molecule has 0 aliphatic heterocycles. The van der Waals surface area contributed by atoms with Crippen molar-refractivity contribution in [2.24, 2.45) is 0 Å². The molecule has 20 heavy (non-hydrogen) atoms. The fourth-order valence-electron chi connectivity index (χ4n) is 2.32. The molecule has 1 aromatic carbocycles. The van der Waals surface area contributed by atoms with E-state index in [0.717, 1.165) is 11.3 Å². The van der Waals surface area contributed by atoms with E-state index in [4.69, 9.17) is 9.68 Å². The van der Waals surface area contributed by atoms with Gasteiger partial charge in [0.05, 0.1) is 6.54 Å². The first-order valence-electron chi connectivity index (χ1n) is 6.59. The van der Waals surface area contributed by atoms with E-state index in [1.54, 1.807) is 6.07 Å². The van der Waals surface area contributed by atoms with Crippen molar-refractivity contribution in [3.05, 3.63) is 59.5 Å². The summed E-state index contributed by atoms with van der Waals surface area (Å²) in [7, 11) is 1.99. The first kappa shape index (κ1) is 14.3. The molecule has 4 nitrogen and oxygen atoms in total. The molecule has 1 atom stereocenters. The quantitative estimate of drug-likeness (QED) is 0.876.